The van der Waals surface area contributed by atoms with Gasteiger partial charge in [0.15, 0.2) is 11.5 Å². The molecule has 4 heterocycles. The van der Waals surface area contributed by atoms with E-state index in [1.165, 1.54) is 10.9 Å². The first-order valence-electron chi connectivity index (χ1n) is 11.0. The fourth-order valence-electron chi connectivity index (χ4n) is 4.41. The van der Waals surface area contributed by atoms with Gasteiger partial charge in [-0.05, 0) is 50.8 Å². The standard InChI is InChI=1S/C22H26F2N8O/c1-22(33)8-5-13(6-9-22)27-21-29-19(25-2)18-14(7-10-32(18)30-21)15-3-4-16-20(28-15)31(12-26-16)11-17(23)24/h3-4,7,10,12-13,17,33H,5-6,8-9,11H2,1-2H3,(H2,25,27,29,30). The van der Waals surface area contributed by atoms with Gasteiger partial charge in [0.25, 0.3) is 6.43 Å². The second kappa shape index (κ2) is 8.22. The molecule has 1 aliphatic rings. The summed E-state index contributed by atoms with van der Waals surface area (Å²) in [7, 11) is 1.79. The summed E-state index contributed by atoms with van der Waals surface area (Å²) in [5, 5.41) is 21.3. The van der Waals surface area contributed by atoms with E-state index in [9.17, 15) is 13.9 Å². The number of hydrogen-bond acceptors (Lipinski definition) is 7. The lowest BCUT2D eigenvalue weighted by Crippen LogP contribution is -2.36. The molecule has 0 bridgehead atoms. The van der Waals surface area contributed by atoms with Gasteiger partial charge in [0.2, 0.25) is 5.95 Å². The van der Waals surface area contributed by atoms with Crippen molar-refractivity contribution in [3.63, 3.8) is 0 Å². The van der Waals surface area contributed by atoms with Crippen LogP contribution >= 0.6 is 0 Å². The Labute approximate surface area is 188 Å². The Balaban J connectivity index is 1.49. The molecule has 0 aromatic carbocycles. The molecule has 0 spiro atoms. The molecule has 5 rings (SSSR count). The minimum absolute atomic E-state index is 0.196. The van der Waals surface area contributed by atoms with Gasteiger partial charge in [0, 0.05) is 24.8 Å². The Morgan fingerprint density at radius 2 is 2.00 bits per heavy atom. The predicted molar refractivity (Wildman–Crippen MR) is 122 cm³/mol. The first kappa shape index (κ1) is 21.5. The van der Waals surface area contributed by atoms with Crippen molar-refractivity contribution in [3.8, 4) is 11.3 Å². The van der Waals surface area contributed by atoms with E-state index in [4.69, 9.17) is 0 Å². The third-order valence-corrected chi connectivity index (χ3v) is 6.22. The van der Waals surface area contributed by atoms with E-state index in [0.29, 0.717) is 28.6 Å². The number of pyridine rings is 1. The van der Waals surface area contributed by atoms with Crippen molar-refractivity contribution in [2.45, 2.75) is 57.2 Å². The van der Waals surface area contributed by atoms with E-state index in [2.05, 4.69) is 30.7 Å². The zero-order valence-electron chi connectivity index (χ0n) is 18.5. The maximum absolute atomic E-state index is 12.9. The van der Waals surface area contributed by atoms with Crippen LogP contribution in [0.25, 0.3) is 27.9 Å². The fraction of sp³-hybridized carbons (Fsp3) is 0.455. The minimum Gasteiger partial charge on any atom is -0.390 e. The molecule has 4 aromatic rings. The lowest BCUT2D eigenvalue weighted by Gasteiger charge is -2.33. The molecular weight excluding hydrogens is 430 g/mol. The van der Waals surface area contributed by atoms with Gasteiger partial charge < -0.3 is 20.3 Å². The van der Waals surface area contributed by atoms with Crippen molar-refractivity contribution in [2.24, 2.45) is 0 Å². The van der Waals surface area contributed by atoms with Gasteiger partial charge in [-0.3, -0.25) is 0 Å². The van der Waals surface area contributed by atoms with Gasteiger partial charge in [0.1, 0.15) is 11.0 Å². The Bertz CT molecular complexity index is 1290. The molecule has 3 N–H and O–H groups in total. The van der Waals surface area contributed by atoms with E-state index < -0.39 is 18.6 Å². The van der Waals surface area contributed by atoms with Crippen LogP contribution in [-0.4, -0.2) is 59.4 Å². The van der Waals surface area contributed by atoms with E-state index >= 15 is 0 Å². The summed E-state index contributed by atoms with van der Waals surface area (Å²) < 4.78 is 29.0. The highest BCUT2D eigenvalue weighted by Crippen LogP contribution is 2.32. The van der Waals surface area contributed by atoms with Crippen molar-refractivity contribution in [3.05, 3.63) is 30.7 Å². The molecule has 0 atom stereocenters. The van der Waals surface area contributed by atoms with Crippen LogP contribution in [0.3, 0.4) is 0 Å². The number of nitrogens with zero attached hydrogens (tertiary/aromatic N) is 6. The molecule has 33 heavy (non-hydrogen) atoms. The van der Waals surface area contributed by atoms with Crippen LogP contribution in [0.5, 0.6) is 0 Å². The SMILES string of the molecule is CNc1nc(NC2CCC(C)(O)CC2)nn2ccc(-c3ccc4ncn(CC(F)F)c4n3)c12. The zero-order chi connectivity index (χ0) is 23.2. The first-order valence-corrected chi connectivity index (χ1v) is 11.0. The largest absolute Gasteiger partial charge is 0.390 e. The molecule has 0 unspecified atom stereocenters. The summed E-state index contributed by atoms with van der Waals surface area (Å²) in [5.41, 5.74) is 2.51. The van der Waals surface area contributed by atoms with Crippen molar-refractivity contribution in [1.29, 1.82) is 0 Å². The average Bonchev–Trinajstić information content (AvgIpc) is 3.38. The third kappa shape index (κ3) is 4.20. The van der Waals surface area contributed by atoms with Gasteiger partial charge >= 0.3 is 0 Å². The number of nitrogens with one attached hydrogen (secondary N) is 2. The highest BCUT2D eigenvalue weighted by atomic mass is 19.3. The van der Waals surface area contributed by atoms with Crippen molar-refractivity contribution < 1.29 is 13.9 Å². The van der Waals surface area contributed by atoms with Gasteiger partial charge in [0.05, 0.1) is 24.2 Å². The van der Waals surface area contributed by atoms with Crippen LogP contribution in [-0.2, 0) is 6.54 Å². The Morgan fingerprint density at radius 1 is 1.21 bits per heavy atom. The molecule has 1 saturated carbocycles. The number of rotatable bonds is 6. The highest BCUT2D eigenvalue weighted by molar-refractivity contribution is 5.89. The number of aliphatic hydroxyl groups is 1. The molecule has 4 aromatic heterocycles. The summed E-state index contributed by atoms with van der Waals surface area (Å²) in [6.45, 7) is 1.41. The van der Waals surface area contributed by atoms with E-state index in [1.807, 2.05) is 25.3 Å². The smallest absolute Gasteiger partial charge is 0.256 e. The molecule has 0 saturated heterocycles. The Kier molecular flexibility index (Phi) is 5.35. The van der Waals surface area contributed by atoms with E-state index in [0.717, 1.165) is 36.8 Å². The minimum atomic E-state index is -2.49. The number of hydrogen-bond donors (Lipinski definition) is 3. The van der Waals surface area contributed by atoms with Crippen LogP contribution in [0.2, 0.25) is 0 Å². The second-order valence-electron chi connectivity index (χ2n) is 8.80. The summed E-state index contributed by atoms with van der Waals surface area (Å²) >= 11 is 0. The van der Waals surface area contributed by atoms with Crippen LogP contribution in [0.1, 0.15) is 32.6 Å². The lowest BCUT2D eigenvalue weighted by molar-refractivity contribution is 0.0195. The summed E-state index contributed by atoms with van der Waals surface area (Å²) in [6.07, 6.45) is 3.87. The summed E-state index contributed by atoms with van der Waals surface area (Å²) in [6, 6.07) is 5.67. The van der Waals surface area contributed by atoms with Crippen LogP contribution < -0.4 is 10.6 Å². The van der Waals surface area contributed by atoms with Gasteiger partial charge in [-0.1, -0.05) is 0 Å². The summed E-state index contributed by atoms with van der Waals surface area (Å²) in [5.74, 6) is 1.12. The molecule has 9 nitrogen and oxygen atoms in total. The molecule has 11 heteroatoms. The maximum Gasteiger partial charge on any atom is 0.256 e. The number of alkyl halides is 2. The zero-order valence-corrected chi connectivity index (χ0v) is 18.5. The highest BCUT2D eigenvalue weighted by Gasteiger charge is 2.29. The number of anilines is 2. The molecule has 1 fully saturated rings. The van der Waals surface area contributed by atoms with Gasteiger partial charge in [-0.25, -0.2) is 23.3 Å². The molecule has 0 aliphatic heterocycles. The van der Waals surface area contributed by atoms with Crippen molar-refractivity contribution >= 4 is 28.4 Å². The van der Waals surface area contributed by atoms with Crippen LogP contribution in [0.4, 0.5) is 20.5 Å². The number of imidazole rings is 1. The number of halogens is 2. The van der Waals surface area contributed by atoms with E-state index in [1.54, 1.807) is 17.6 Å². The van der Waals surface area contributed by atoms with Crippen LogP contribution in [0, 0.1) is 0 Å². The topological polar surface area (TPSA) is 105 Å². The van der Waals surface area contributed by atoms with Gasteiger partial charge in [-0.2, -0.15) is 4.98 Å². The Morgan fingerprint density at radius 3 is 2.73 bits per heavy atom. The molecule has 0 amide bonds. The average molecular weight is 457 g/mol. The van der Waals surface area contributed by atoms with Crippen LogP contribution in [0.15, 0.2) is 30.7 Å². The molecule has 1 aliphatic carbocycles. The number of fused-ring (bicyclic) bond motifs is 2. The maximum atomic E-state index is 12.9. The first-order chi connectivity index (χ1) is 15.8. The summed E-state index contributed by atoms with van der Waals surface area (Å²) in [4.78, 5) is 13.4. The second-order valence-corrected chi connectivity index (χ2v) is 8.80. The number of aromatic nitrogens is 6. The van der Waals surface area contributed by atoms with Crippen molar-refractivity contribution in [2.75, 3.05) is 17.7 Å². The monoisotopic (exact) mass is 456 g/mol. The predicted octanol–water partition coefficient (Wildman–Crippen LogP) is 3.55. The quantitative estimate of drug-likeness (QED) is 0.407. The molecular formula is C22H26F2N8O. The Hall–Kier alpha value is -3.34. The van der Waals surface area contributed by atoms with Crippen molar-refractivity contribution in [1.82, 2.24) is 29.1 Å². The normalized spacial score (nSPS) is 21.2. The lowest BCUT2D eigenvalue weighted by atomic mass is 9.84. The van der Waals surface area contributed by atoms with Gasteiger partial charge in [-0.15, -0.1) is 5.10 Å². The van der Waals surface area contributed by atoms with E-state index in [-0.39, 0.29) is 6.04 Å². The molecule has 0 radical (unpaired) electrons. The fourth-order valence-corrected chi connectivity index (χ4v) is 4.41. The third-order valence-electron chi connectivity index (χ3n) is 6.22. The molecule has 174 valence electrons.